The van der Waals surface area contributed by atoms with Crippen LogP contribution in [-0.2, 0) is 4.79 Å². The summed E-state index contributed by atoms with van der Waals surface area (Å²) in [5.41, 5.74) is 1.47. The van der Waals surface area contributed by atoms with Crippen LogP contribution in [0.25, 0.3) is 10.4 Å². The maximum Gasteiger partial charge on any atom is 0.303 e. The number of oxime groups is 1. The van der Waals surface area contributed by atoms with E-state index in [4.69, 9.17) is 10.3 Å². The molecule has 0 amide bonds. The van der Waals surface area contributed by atoms with Crippen LogP contribution in [-0.4, -0.2) is 22.0 Å². The zero-order valence-corrected chi connectivity index (χ0v) is 12.8. The van der Waals surface area contributed by atoms with E-state index in [9.17, 15) is 4.79 Å². The Morgan fingerprint density at radius 1 is 1.15 bits per heavy atom. The van der Waals surface area contributed by atoms with Gasteiger partial charge in [0.25, 0.3) is 0 Å². The molecule has 2 N–H and O–H groups in total. The average Bonchev–Trinajstić information content (AvgIpc) is 2.89. The van der Waals surface area contributed by atoms with Gasteiger partial charge in [0, 0.05) is 15.8 Å². The van der Waals surface area contributed by atoms with Crippen molar-refractivity contribution in [1.82, 2.24) is 0 Å². The average molecular weight is 354 g/mol. The monoisotopic (exact) mass is 353 g/mol. The highest BCUT2D eigenvalue weighted by Crippen LogP contribution is 2.30. The summed E-state index contributed by atoms with van der Waals surface area (Å²) in [5.74, 6) is -0.907. The lowest BCUT2D eigenvalue weighted by molar-refractivity contribution is -0.136. The summed E-state index contributed by atoms with van der Waals surface area (Å²) < 4.78 is 1.01. The molecule has 1 aromatic carbocycles. The van der Waals surface area contributed by atoms with Gasteiger partial charge in [-0.15, -0.1) is 11.3 Å². The molecule has 1 heterocycles. The highest BCUT2D eigenvalue weighted by atomic mass is 79.9. The van der Waals surface area contributed by atoms with E-state index >= 15 is 0 Å². The number of carboxylic acid groups (broad SMARTS) is 1. The third-order valence-electron chi connectivity index (χ3n) is 2.72. The van der Waals surface area contributed by atoms with Crippen molar-refractivity contribution in [3.8, 4) is 10.4 Å². The van der Waals surface area contributed by atoms with Crippen LogP contribution >= 0.6 is 27.3 Å². The summed E-state index contributed by atoms with van der Waals surface area (Å²) >= 11 is 4.86. The number of carboxylic acids is 1. The van der Waals surface area contributed by atoms with Crippen LogP contribution < -0.4 is 0 Å². The molecule has 4 nitrogen and oxygen atoms in total. The molecule has 0 saturated heterocycles. The molecule has 0 spiro atoms. The van der Waals surface area contributed by atoms with Gasteiger partial charge in [0.05, 0.1) is 17.0 Å². The summed E-state index contributed by atoms with van der Waals surface area (Å²) in [6.07, 6.45) is 0.164. The smallest absolute Gasteiger partial charge is 0.303 e. The Hall–Kier alpha value is -1.66. The van der Waals surface area contributed by atoms with Crippen LogP contribution in [0.4, 0.5) is 0 Å². The van der Waals surface area contributed by atoms with Crippen molar-refractivity contribution in [3.63, 3.8) is 0 Å². The summed E-state index contributed by atoms with van der Waals surface area (Å²) in [4.78, 5) is 12.4. The predicted octanol–water partition coefficient (Wildman–Crippen LogP) is 4.22. The predicted molar refractivity (Wildman–Crippen MR) is 82.6 cm³/mol. The van der Waals surface area contributed by atoms with Crippen LogP contribution in [0.5, 0.6) is 0 Å². The Balaban J connectivity index is 2.19. The van der Waals surface area contributed by atoms with Gasteiger partial charge in [-0.25, -0.2) is 0 Å². The fourth-order valence-electron chi connectivity index (χ4n) is 1.71. The molecule has 0 bridgehead atoms. The molecule has 0 unspecified atom stereocenters. The SMILES string of the molecule is O=C(O)CC/C(=N\O)c1ccc(-c2ccc(Br)cc2)s1. The molecule has 1 aromatic heterocycles. The van der Waals surface area contributed by atoms with Crippen molar-refractivity contribution in [2.45, 2.75) is 12.8 Å². The normalized spacial score (nSPS) is 11.6. The first-order valence-corrected chi connectivity index (χ1v) is 7.50. The van der Waals surface area contributed by atoms with Gasteiger partial charge < -0.3 is 10.3 Å². The number of thiophene rings is 1. The highest BCUT2D eigenvalue weighted by molar-refractivity contribution is 9.10. The van der Waals surface area contributed by atoms with Crippen molar-refractivity contribution < 1.29 is 15.1 Å². The van der Waals surface area contributed by atoms with E-state index in [0.717, 1.165) is 19.8 Å². The van der Waals surface area contributed by atoms with Crippen LogP contribution in [0.15, 0.2) is 46.0 Å². The van der Waals surface area contributed by atoms with Crippen molar-refractivity contribution >= 4 is 38.9 Å². The third kappa shape index (κ3) is 3.68. The zero-order valence-electron chi connectivity index (χ0n) is 10.4. The van der Waals surface area contributed by atoms with E-state index in [-0.39, 0.29) is 12.8 Å². The van der Waals surface area contributed by atoms with E-state index in [1.165, 1.54) is 11.3 Å². The Morgan fingerprint density at radius 2 is 1.85 bits per heavy atom. The maximum atomic E-state index is 10.6. The molecule has 0 aliphatic rings. The van der Waals surface area contributed by atoms with Crippen molar-refractivity contribution in [2.24, 2.45) is 5.16 Å². The van der Waals surface area contributed by atoms with Crippen LogP contribution in [0, 0.1) is 0 Å². The number of benzene rings is 1. The minimum absolute atomic E-state index is 0.0507. The van der Waals surface area contributed by atoms with Crippen LogP contribution in [0.1, 0.15) is 17.7 Å². The van der Waals surface area contributed by atoms with Gasteiger partial charge in [-0.2, -0.15) is 0 Å². The fourth-order valence-corrected chi connectivity index (χ4v) is 3.00. The molecule has 104 valence electrons. The van der Waals surface area contributed by atoms with Crippen LogP contribution in [0.2, 0.25) is 0 Å². The quantitative estimate of drug-likeness (QED) is 0.480. The van der Waals surface area contributed by atoms with Crippen molar-refractivity contribution in [3.05, 3.63) is 45.7 Å². The molecule has 0 atom stereocenters. The van der Waals surface area contributed by atoms with E-state index in [2.05, 4.69) is 21.1 Å². The highest BCUT2D eigenvalue weighted by Gasteiger charge is 2.11. The second kappa shape index (κ2) is 6.67. The van der Waals surface area contributed by atoms with E-state index in [0.29, 0.717) is 5.71 Å². The number of hydrogen-bond acceptors (Lipinski definition) is 4. The molecule has 0 aliphatic heterocycles. The van der Waals surface area contributed by atoms with E-state index in [1.54, 1.807) is 0 Å². The summed E-state index contributed by atoms with van der Waals surface area (Å²) in [6.45, 7) is 0. The van der Waals surface area contributed by atoms with Gasteiger partial charge in [0.15, 0.2) is 0 Å². The molecule has 0 radical (unpaired) electrons. The molecule has 6 heteroatoms. The van der Waals surface area contributed by atoms with E-state index in [1.807, 2.05) is 36.4 Å². The lowest BCUT2D eigenvalue weighted by Crippen LogP contribution is -2.03. The third-order valence-corrected chi connectivity index (χ3v) is 4.43. The lowest BCUT2D eigenvalue weighted by atomic mass is 10.1. The number of aliphatic carboxylic acids is 1. The molecule has 2 aromatic rings. The standard InChI is InChI=1S/C14H12BrNO3S/c15-10-3-1-9(2-4-10)12-6-7-13(20-12)11(16-19)5-8-14(17)18/h1-4,6-7,19H,5,8H2,(H,17,18)/b16-11+. The Labute approximate surface area is 128 Å². The number of rotatable bonds is 5. The van der Waals surface area contributed by atoms with Gasteiger partial charge in [-0.3, -0.25) is 4.79 Å². The van der Waals surface area contributed by atoms with Gasteiger partial charge in [0.1, 0.15) is 0 Å². The van der Waals surface area contributed by atoms with Gasteiger partial charge >= 0.3 is 5.97 Å². The first-order valence-electron chi connectivity index (χ1n) is 5.89. The summed E-state index contributed by atoms with van der Waals surface area (Å²) in [5, 5.41) is 20.9. The van der Waals surface area contributed by atoms with Gasteiger partial charge in [-0.1, -0.05) is 33.2 Å². The topological polar surface area (TPSA) is 69.9 Å². The molecule has 0 saturated carbocycles. The summed E-state index contributed by atoms with van der Waals surface area (Å²) in [7, 11) is 0. The van der Waals surface area contributed by atoms with Crippen molar-refractivity contribution in [2.75, 3.05) is 0 Å². The minimum Gasteiger partial charge on any atom is -0.481 e. The molecular formula is C14H12BrNO3S. The second-order valence-corrected chi connectivity index (χ2v) is 6.11. The first kappa shape index (κ1) is 14.7. The summed E-state index contributed by atoms with van der Waals surface area (Å²) in [6, 6.07) is 11.7. The number of hydrogen-bond donors (Lipinski definition) is 2. The fraction of sp³-hybridized carbons (Fsp3) is 0.143. The minimum atomic E-state index is -0.907. The Morgan fingerprint density at radius 3 is 2.45 bits per heavy atom. The van der Waals surface area contributed by atoms with Gasteiger partial charge in [-0.05, 0) is 29.8 Å². The van der Waals surface area contributed by atoms with Gasteiger partial charge in [0.2, 0.25) is 0 Å². The second-order valence-electron chi connectivity index (χ2n) is 4.11. The molecular weight excluding hydrogens is 342 g/mol. The molecule has 0 fully saturated rings. The maximum absolute atomic E-state index is 10.6. The molecule has 2 rings (SSSR count). The largest absolute Gasteiger partial charge is 0.481 e. The number of nitrogens with zero attached hydrogens (tertiary/aromatic N) is 1. The Kier molecular flexibility index (Phi) is 4.92. The Bertz CT molecular complexity index is 634. The lowest BCUT2D eigenvalue weighted by Gasteiger charge is -1.99. The number of halogens is 1. The van der Waals surface area contributed by atoms with E-state index < -0.39 is 5.97 Å². The molecule has 20 heavy (non-hydrogen) atoms. The van der Waals surface area contributed by atoms with Crippen LogP contribution in [0.3, 0.4) is 0 Å². The van der Waals surface area contributed by atoms with Crippen molar-refractivity contribution in [1.29, 1.82) is 0 Å². The first-order chi connectivity index (χ1) is 9.60. The number of carbonyl (C=O) groups is 1. The zero-order chi connectivity index (χ0) is 14.5. The molecule has 0 aliphatic carbocycles.